The molecular weight excluding hydrogens is 454 g/mol. The molecule has 1 aromatic heterocycles. The number of allylic oxidation sites excluding steroid dienone is 2. The Bertz CT molecular complexity index is 1190. The molecule has 0 aliphatic heterocycles. The number of thiol groups is 1. The monoisotopic (exact) mass is 489 g/mol. The summed E-state index contributed by atoms with van der Waals surface area (Å²) in [6.07, 6.45) is 7.07. The third-order valence-electron chi connectivity index (χ3n) is 7.12. The highest BCUT2D eigenvalue weighted by Gasteiger charge is 2.39. The van der Waals surface area contributed by atoms with Crippen molar-refractivity contribution in [2.45, 2.75) is 57.9 Å². The fourth-order valence-corrected chi connectivity index (χ4v) is 5.42. The molecule has 1 heterocycles. The standard InChI is InChI=1S/C29H33N3O2S/c1-5-30-26(33)25(27(34)31(6-2)28(30)35)20-22-17-18-29(4,21(3)19-22)32(23-13-9-7-10-14-23)24-15-11-8-12-16-24/h7-18,20-21H,5-6,19H2,1-4H3,(H,33,34)/p+2/b22-20+. The first kappa shape index (κ1) is 24.9. The van der Waals surface area contributed by atoms with Crippen molar-refractivity contribution >= 4 is 30.1 Å². The van der Waals surface area contributed by atoms with Crippen molar-refractivity contribution in [3.05, 3.63) is 84.0 Å². The maximum atomic E-state index is 10.9. The van der Waals surface area contributed by atoms with Gasteiger partial charge in [-0.15, -0.1) is 0 Å². The second kappa shape index (κ2) is 10.2. The topological polar surface area (TPSA) is 51.5 Å². The van der Waals surface area contributed by atoms with E-state index in [0.29, 0.717) is 23.8 Å². The van der Waals surface area contributed by atoms with Gasteiger partial charge in [0.25, 0.3) is 0 Å². The zero-order chi connectivity index (χ0) is 25.2. The molecule has 5 nitrogen and oxygen atoms in total. The minimum Gasteiger partial charge on any atom is -0.459 e. The second-order valence-corrected chi connectivity index (χ2v) is 9.64. The number of benzene rings is 2. The summed E-state index contributed by atoms with van der Waals surface area (Å²) in [6, 6.07) is 20.9. The van der Waals surface area contributed by atoms with Crippen molar-refractivity contribution < 1.29 is 19.3 Å². The van der Waals surface area contributed by atoms with Gasteiger partial charge in [-0.25, -0.2) is 0 Å². The molecule has 3 aromatic rings. The van der Waals surface area contributed by atoms with Gasteiger partial charge in [0.05, 0.1) is 5.54 Å². The predicted molar refractivity (Wildman–Crippen MR) is 143 cm³/mol. The molecule has 0 fully saturated rings. The van der Waals surface area contributed by atoms with Crippen LogP contribution in [0.2, 0.25) is 0 Å². The first-order valence-electron chi connectivity index (χ1n) is 12.2. The lowest BCUT2D eigenvalue weighted by Gasteiger charge is -2.47. The lowest BCUT2D eigenvalue weighted by Crippen LogP contribution is -2.50. The predicted octanol–water partition coefficient (Wildman–Crippen LogP) is 5.58. The van der Waals surface area contributed by atoms with Crippen molar-refractivity contribution in [1.29, 1.82) is 0 Å². The number of anilines is 2. The average Bonchev–Trinajstić information content (AvgIpc) is 2.86. The molecule has 2 aromatic carbocycles. The highest BCUT2D eigenvalue weighted by molar-refractivity contribution is 7.79. The van der Waals surface area contributed by atoms with Gasteiger partial charge in [-0.2, -0.15) is 0 Å². The molecule has 4 rings (SSSR count). The Morgan fingerprint density at radius 3 is 1.86 bits per heavy atom. The van der Waals surface area contributed by atoms with Gasteiger partial charge in [-0.3, -0.25) is 0 Å². The van der Waals surface area contributed by atoms with E-state index in [1.54, 1.807) is 9.13 Å². The molecule has 0 saturated heterocycles. The Hall–Kier alpha value is -3.25. The van der Waals surface area contributed by atoms with Gasteiger partial charge >= 0.3 is 16.9 Å². The molecule has 2 N–H and O–H groups in total. The van der Waals surface area contributed by atoms with Gasteiger partial charge in [0.1, 0.15) is 0 Å². The van der Waals surface area contributed by atoms with Crippen LogP contribution in [0.3, 0.4) is 0 Å². The van der Waals surface area contributed by atoms with Gasteiger partial charge in [0, 0.05) is 24.0 Å². The number of aromatic nitrogens is 2. The van der Waals surface area contributed by atoms with E-state index in [9.17, 15) is 10.2 Å². The molecule has 6 heteroatoms. The molecule has 0 saturated carbocycles. The van der Waals surface area contributed by atoms with Crippen LogP contribution in [0.25, 0.3) is 6.08 Å². The van der Waals surface area contributed by atoms with E-state index in [4.69, 9.17) is 0 Å². The van der Waals surface area contributed by atoms with Gasteiger partial charge in [0.2, 0.25) is 0 Å². The molecule has 0 amide bonds. The molecule has 0 radical (unpaired) electrons. The second-order valence-electron chi connectivity index (χ2n) is 9.24. The molecule has 0 bridgehead atoms. The largest absolute Gasteiger partial charge is 0.484 e. The third-order valence-corrected chi connectivity index (χ3v) is 7.61. The van der Waals surface area contributed by atoms with Crippen LogP contribution in [0.5, 0.6) is 11.8 Å². The summed E-state index contributed by atoms with van der Waals surface area (Å²) in [4.78, 5) is 2.39. The number of para-hydroxylation sites is 2. The van der Waals surface area contributed by atoms with Crippen molar-refractivity contribution in [2.75, 3.05) is 4.90 Å². The van der Waals surface area contributed by atoms with Crippen LogP contribution in [0.1, 0.15) is 39.7 Å². The summed E-state index contributed by atoms with van der Waals surface area (Å²) >= 11 is 4.52. The summed E-state index contributed by atoms with van der Waals surface area (Å²) in [5.41, 5.74) is 3.48. The van der Waals surface area contributed by atoms with E-state index < -0.39 is 0 Å². The van der Waals surface area contributed by atoms with Crippen molar-refractivity contribution in [2.24, 2.45) is 5.92 Å². The summed E-state index contributed by atoms with van der Waals surface area (Å²) in [5, 5.41) is 22.4. The maximum absolute atomic E-state index is 10.9. The lowest BCUT2D eigenvalue weighted by atomic mass is 9.75. The Labute approximate surface area is 213 Å². The van der Waals surface area contributed by atoms with Crippen LogP contribution in [0.4, 0.5) is 11.4 Å². The van der Waals surface area contributed by atoms with Crippen LogP contribution in [0.15, 0.2) is 83.5 Å². The molecular formula is C29H35N3O2S+2. The Balaban J connectivity index is 1.79. The van der Waals surface area contributed by atoms with Gasteiger partial charge in [-0.05, 0) is 69.0 Å². The SMILES string of the molecule is CC[n+]1c(O)c(/C=C2\C=CC(C)(N(c3ccccc3)c3ccccc3)C(C)C2)c(O)[n+](CC)c1S. The number of aromatic hydroxyl groups is 2. The summed E-state index contributed by atoms with van der Waals surface area (Å²) < 4.78 is 3.40. The van der Waals surface area contributed by atoms with Crippen LogP contribution >= 0.6 is 12.6 Å². The van der Waals surface area contributed by atoms with Crippen LogP contribution in [-0.2, 0) is 13.1 Å². The van der Waals surface area contributed by atoms with E-state index in [0.717, 1.165) is 23.4 Å². The third kappa shape index (κ3) is 4.55. The number of hydrogen-bond donors (Lipinski definition) is 3. The van der Waals surface area contributed by atoms with Gasteiger partial charge in [-0.1, -0.05) is 64.6 Å². The Morgan fingerprint density at radius 2 is 1.43 bits per heavy atom. The van der Waals surface area contributed by atoms with Crippen molar-refractivity contribution in [3.8, 4) is 11.8 Å². The number of nitrogens with zero attached hydrogens (tertiary/aromatic N) is 3. The lowest BCUT2D eigenvalue weighted by molar-refractivity contribution is -0.885. The van der Waals surface area contributed by atoms with Gasteiger partial charge < -0.3 is 15.1 Å². The molecule has 0 spiro atoms. The molecule has 2 unspecified atom stereocenters. The summed E-state index contributed by atoms with van der Waals surface area (Å²) in [7, 11) is 0. The smallest absolute Gasteiger partial charge is 0.459 e. The van der Waals surface area contributed by atoms with Crippen LogP contribution in [0, 0.1) is 5.92 Å². The zero-order valence-electron chi connectivity index (χ0n) is 20.9. The summed E-state index contributed by atoms with van der Waals surface area (Å²) in [5.74, 6) is 0.303. The highest BCUT2D eigenvalue weighted by Crippen LogP contribution is 2.43. The maximum Gasteiger partial charge on any atom is 0.484 e. The molecule has 1 aliphatic carbocycles. The van der Waals surface area contributed by atoms with Crippen LogP contribution < -0.4 is 14.0 Å². The average molecular weight is 490 g/mol. The summed E-state index contributed by atoms with van der Waals surface area (Å²) in [6.45, 7) is 9.52. The van der Waals surface area contributed by atoms with E-state index in [2.05, 4.69) is 92.1 Å². The Kier molecular flexibility index (Phi) is 7.22. The molecule has 2 atom stereocenters. The van der Waals surface area contributed by atoms with E-state index in [1.807, 2.05) is 32.1 Å². The van der Waals surface area contributed by atoms with Crippen molar-refractivity contribution in [1.82, 2.24) is 0 Å². The zero-order valence-corrected chi connectivity index (χ0v) is 21.8. The fourth-order valence-electron chi connectivity index (χ4n) is 4.95. The Morgan fingerprint density at radius 1 is 0.943 bits per heavy atom. The van der Waals surface area contributed by atoms with E-state index >= 15 is 0 Å². The quantitative estimate of drug-likeness (QED) is 0.241. The number of hydrogen-bond acceptors (Lipinski definition) is 4. The minimum absolute atomic E-state index is 0.0248. The van der Waals surface area contributed by atoms with E-state index in [-0.39, 0.29) is 23.2 Å². The fraction of sp³-hybridized carbons (Fsp3) is 0.310. The number of rotatable bonds is 6. The first-order valence-corrected chi connectivity index (χ1v) is 12.7. The normalized spacial score (nSPS) is 20.8. The van der Waals surface area contributed by atoms with Crippen LogP contribution in [-0.4, -0.2) is 15.8 Å². The van der Waals surface area contributed by atoms with Crippen molar-refractivity contribution in [3.63, 3.8) is 0 Å². The first-order chi connectivity index (χ1) is 16.8. The molecule has 1 aliphatic rings. The molecule has 182 valence electrons. The van der Waals surface area contributed by atoms with E-state index in [1.165, 1.54) is 0 Å². The highest BCUT2D eigenvalue weighted by atomic mass is 32.1. The molecule has 35 heavy (non-hydrogen) atoms. The van der Waals surface area contributed by atoms with Gasteiger partial charge in [0.15, 0.2) is 18.7 Å². The minimum atomic E-state index is -0.272.